The average Bonchev–Trinajstić information content (AvgIpc) is 1.83. The Morgan fingerprint density at radius 2 is 2.11 bits per heavy atom. The Labute approximate surface area is 76.9 Å². The summed E-state index contributed by atoms with van der Waals surface area (Å²) >= 11 is 5.67. The standard InChI is InChI=1S/C7H5BrI/c1-5-3-2-4-6(9)7(5)8/h2-4H,1H2. The molecule has 0 atom stereocenters. The lowest BCUT2D eigenvalue weighted by Gasteiger charge is -1.97. The first kappa shape index (κ1) is 7.54. The first-order chi connectivity index (χ1) is 4.22. The molecule has 0 saturated carbocycles. The van der Waals surface area contributed by atoms with Crippen molar-refractivity contribution in [1.82, 2.24) is 0 Å². The molecule has 2 heteroatoms. The highest BCUT2D eigenvalue weighted by molar-refractivity contribution is 14.1. The average molecular weight is 296 g/mol. The molecule has 0 spiro atoms. The summed E-state index contributed by atoms with van der Waals surface area (Å²) in [6.45, 7) is 3.83. The molecular formula is C7H5BrI. The molecule has 0 amide bonds. The fraction of sp³-hybridized carbons (Fsp3) is 0. The summed E-state index contributed by atoms with van der Waals surface area (Å²) in [5.41, 5.74) is 1.04. The van der Waals surface area contributed by atoms with Crippen molar-refractivity contribution in [2.75, 3.05) is 0 Å². The number of hydrogen-bond acceptors (Lipinski definition) is 0. The summed E-state index contributed by atoms with van der Waals surface area (Å²) in [7, 11) is 0. The summed E-state index contributed by atoms with van der Waals surface area (Å²) < 4.78 is 2.31. The number of benzene rings is 1. The van der Waals surface area contributed by atoms with E-state index in [0.717, 1.165) is 10.0 Å². The third-order valence-electron chi connectivity index (χ3n) is 1.03. The lowest BCUT2D eigenvalue weighted by molar-refractivity contribution is 1.51. The molecule has 1 aromatic rings. The lowest BCUT2D eigenvalue weighted by Crippen LogP contribution is -1.77. The Bertz CT molecular complexity index is 200. The van der Waals surface area contributed by atoms with Crippen molar-refractivity contribution >= 4 is 38.5 Å². The maximum absolute atomic E-state index is 3.83. The molecule has 9 heavy (non-hydrogen) atoms. The molecule has 0 bridgehead atoms. The molecular weight excluding hydrogens is 291 g/mol. The Hall–Kier alpha value is 0.430. The van der Waals surface area contributed by atoms with Crippen LogP contribution < -0.4 is 0 Å². The highest BCUT2D eigenvalue weighted by atomic mass is 127. The van der Waals surface area contributed by atoms with Gasteiger partial charge in [0, 0.05) is 8.04 Å². The lowest BCUT2D eigenvalue weighted by atomic mass is 10.2. The molecule has 1 rings (SSSR count). The summed E-state index contributed by atoms with van der Waals surface area (Å²) in [5, 5.41) is 0. The van der Waals surface area contributed by atoms with Gasteiger partial charge in [0.2, 0.25) is 0 Å². The monoisotopic (exact) mass is 295 g/mol. The summed E-state index contributed by atoms with van der Waals surface area (Å²) in [6.07, 6.45) is 0. The van der Waals surface area contributed by atoms with Gasteiger partial charge in [-0.25, -0.2) is 0 Å². The van der Waals surface area contributed by atoms with Crippen molar-refractivity contribution in [1.29, 1.82) is 0 Å². The number of rotatable bonds is 0. The fourth-order valence-corrected chi connectivity index (χ4v) is 1.37. The molecule has 0 aromatic heterocycles. The van der Waals surface area contributed by atoms with Crippen molar-refractivity contribution in [3.8, 4) is 0 Å². The quantitative estimate of drug-likeness (QED) is 0.645. The van der Waals surface area contributed by atoms with Gasteiger partial charge in [0.25, 0.3) is 0 Å². The minimum atomic E-state index is 1.04. The maximum atomic E-state index is 3.83. The topological polar surface area (TPSA) is 0 Å². The van der Waals surface area contributed by atoms with Gasteiger partial charge >= 0.3 is 0 Å². The van der Waals surface area contributed by atoms with Crippen molar-refractivity contribution in [3.63, 3.8) is 0 Å². The predicted molar refractivity (Wildman–Crippen MR) is 51.3 cm³/mol. The molecule has 0 fully saturated rings. The maximum Gasteiger partial charge on any atom is 0.0340 e. The van der Waals surface area contributed by atoms with Crippen LogP contribution in [0.3, 0.4) is 0 Å². The van der Waals surface area contributed by atoms with Gasteiger partial charge in [-0.05, 0) is 57.1 Å². The van der Waals surface area contributed by atoms with Gasteiger partial charge in [-0.3, -0.25) is 0 Å². The molecule has 0 aliphatic carbocycles. The zero-order valence-corrected chi connectivity index (χ0v) is 8.44. The van der Waals surface area contributed by atoms with Gasteiger partial charge in [-0.1, -0.05) is 12.1 Å². The van der Waals surface area contributed by atoms with E-state index in [1.54, 1.807) is 0 Å². The summed E-state index contributed by atoms with van der Waals surface area (Å²) in [5.74, 6) is 0. The molecule has 0 aliphatic rings. The van der Waals surface area contributed by atoms with E-state index in [4.69, 9.17) is 0 Å². The van der Waals surface area contributed by atoms with E-state index in [2.05, 4.69) is 45.4 Å². The smallest absolute Gasteiger partial charge is 0.0340 e. The fourth-order valence-electron chi connectivity index (χ4n) is 0.548. The predicted octanol–water partition coefficient (Wildman–Crippen LogP) is 3.24. The van der Waals surface area contributed by atoms with Gasteiger partial charge in [0.05, 0.1) is 0 Å². The van der Waals surface area contributed by atoms with Gasteiger partial charge in [-0.15, -0.1) is 0 Å². The van der Waals surface area contributed by atoms with E-state index in [1.807, 2.05) is 18.2 Å². The van der Waals surface area contributed by atoms with Crippen molar-refractivity contribution in [2.45, 2.75) is 0 Å². The van der Waals surface area contributed by atoms with Gasteiger partial charge in [0.15, 0.2) is 0 Å². The van der Waals surface area contributed by atoms with Crippen LogP contribution in [-0.4, -0.2) is 0 Å². The first-order valence-corrected chi connectivity index (χ1v) is 4.35. The normalized spacial score (nSPS) is 9.67. The van der Waals surface area contributed by atoms with Gasteiger partial charge in [-0.2, -0.15) is 0 Å². The second kappa shape index (κ2) is 3.01. The molecule has 1 aromatic carbocycles. The van der Waals surface area contributed by atoms with E-state index in [1.165, 1.54) is 3.57 Å². The largest absolute Gasteiger partial charge is 0.0609 e. The SMILES string of the molecule is [CH2]c1cccc(I)c1Br. The van der Waals surface area contributed by atoms with Crippen molar-refractivity contribution in [2.24, 2.45) is 0 Å². The highest BCUT2D eigenvalue weighted by Crippen LogP contribution is 2.21. The van der Waals surface area contributed by atoms with Crippen LogP contribution in [0.25, 0.3) is 0 Å². The molecule has 1 radical (unpaired) electrons. The first-order valence-electron chi connectivity index (χ1n) is 2.48. The van der Waals surface area contributed by atoms with E-state index in [9.17, 15) is 0 Å². The van der Waals surface area contributed by atoms with E-state index in [-0.39, 0.29) is 0 Å². The second-order valence-corrected chi connectivity index (χ2v) is 3.67. The molecule has 0 saturated heterocycles. The Morgan fingerprint density at radius 1 is 1.44 bits per heavy atom. The van der Waals surface area contributed by atoms with E-state index >= 15 is 0 Å². The van der Waals surface area contributed by atoms with Crippen LogP contribution in [0, 0.1) is 10.5 Å². The molecule has 0 aliphatic heterocycles. The summed E-state index contributed by atoms with van der Waals surface area (Å²) in [4.78, 5) is 0. The third kappa shape index (κ3) is 1.67. The van der Waals surface area contributed by atoms with Crippen LogP contribution in [0.15, 0.2) is 22.7 Å². The van der Waals surface area contributed by atoms with Crippen LogP contribution >= 0.6 is 38.5 Å². The van der Waals surface area contributed by atoms with Crippen LogP contribution in [0.5, 0.6) is 0 Å². The molecule has 47 valence electrons. The minimum absolute atomic E-state index is 1.04. The molecule has 0 heterocycles. The zero-order valence-electron chi connectivity index (χ0n) is 4.70. The third-order valence-corrected chi connectivity index (χ3v) is 3.61. The second-order valence-electron chi connectivity index (χ2n) is 1.71. The van der Waals surface area contributed by atoms with Crippen LogP contribution in [-0.2, 0) is 0 Å². The molecule has 0 nitrogen and oxygen atoms in total. The van der Waals surface area contributed by atoms with Crippen LogP contribution in [0.4, 0.5) is 0 Å². The van der Waals surface area contributed by atoms with Crippen molar-refractivity contribution < 1.29 is 0 Å². The Balaban J connectivity index is 3.25. The van der Waals surface area contributed by atoms with Gasteiger partial charge in [0.1, 0.15) is 0 Å². The van der Waals surface area contributed by atoms with Crippen LogP contribution in [0.1, 0.15) is 5.56 Å². The number of hydrogen-bond donors (Lipinski definition) is 0. The molecule has 0 N–H and O–H groups in total. The highest BCUT2D eigenvalue weighted by Gasteiger charge is 1.95. The number of halogens is 2. The minimum Gasteiger partial charge on any atom is -0.0609 e. The Kier molecular flexibility index (Phi) is 2.52. The molecule has 0 unspecified atom stereocenters. The van der Waals surface area contributed by atoms with E-state index in [0.29, 0.717) is 0 Å². The zero-order chi connectivity index (χ0) is 6.85. The summed E-state index contributed by atoms with van der Waals surface area (Å²) in [6, 6.07) is 6.01. The van der Waals surface area contributed by atoms with Gasteiger partial charge < -0.3 is 0 Å². The Morgan fingerprint density at radius 3 is 2.56 bits per heavy atom. The van der Waals surface area contributed by atoms with Crippen molar-refractivity contribution in [3.05, 3.63) is 38.7 Å². The van der Waals surface area contributed by atoms with E-state index < -0.39 is 0 Å². The van der Waals surface area contributed by atoms with Crippen LogP contribution in [0.2, 0.25) is 0 Å².